The lowest BCUT2D eigenvalue weighted by atomic mass is 9.98. The van der Waals surface area contributed by atoms with Crippen LogP contribution in [0.15, 0.2) is 48.5 Å². The first-order valence-corrected chi connectivity index (χ1v) is 14.3. The van der Waals surface area contributed by atoms with Crippen molar-refractivity contribution in [2.24, 2.45) is 0 Å². The molecular formula is C28H41N2O3P. The van der Waals surface area contributed by atoms with Crippen molar-refractivity contribution in [2.75, 3.05) is 26.4 Å². The number of hydrogen-bond acceptors (Lipinski definition) is 4. The molecule has 0 fully saturated rings. The highest BCUT2D eigenvalue weighted by molar-refractivity contribution is 7.49. The number of hydrogen-bond donors (Lipinski definition) is 1. The maximum absolute atomic E-state index is 12.3. The molecule has 5 nitrogen and oxygen atoms in total. The Balaban J connectivity index is 1.29. The normalized spacial score (nSPS) is 13.9. The molecule has 2 aromatic carbocycles. The molecule has 0 aliphatic heterocycles. The standard InChI is InChI=1S/C28H41N2O3P/c1-21(2)30(22(3)4)34(5)33-19-13-7-6-12-18-29-28(31)32-20-27-25-16-10-8-14-23(25)24-15-9-11-17-26(24)27/h8-11,14-17,21-22,27H,6-7,12-13,18-20H2,1-5H3,(H,29,31). The van der Waals surface area contributed by atoms with Gasteiger partial charge in [-0.25, -0.2) is 4.79 Å². The Morgan fingerprint density at radius 3 is 2.06 bits per heavy atom. The van der Waals surface area contributed by atoms with Gasteiger partial charge in [-0.1, -0.05) is 61.4 Å². The second-order valence-corrected chi connectivity index (χ2v) is 11.2. The van der Waals surface area contributed by atoms with Gasteiger partial charge in [0, 0.05) is 24.5 Å². The maximum atomic E-state index is 12.3. The van der Waals surface area contributed by atoms with Crippen molar-refractivity contribution in [3.05, 3.63) is 59.7 Å². The third-order valence-electron chi connectivity index (χ3n) is 6.35. The van der Waals surface area contributed by atoms with Crippen molar-refractivity contribution in [1.29, 1.82) is 0 Å². The minimum atomic E-state index is -0.540. The summed E-state index contributed by atoms with van der Waals surface area (Å²) >= 11 is 0. The predicted molar refractivity (Wildman–Crippen MR) is 142 cm³/mol. The number of carbonyl (C=O) groups is 1. The third-order valence-corrected chi connectivity index (χ3v) is 8.48. The molecule has 1 N–H and O–H groups in total. The van der Waals surface area contributed by atoms with Crippen LogP contribution in [0.3, 0.4) is 0 Å². The fourth-order valence-electron chi connectivity index (χ4n) is 4.93. The molecule has 1 unspecified atom stereocenters. The number of nitrogens with zero attached hydrogens (tertiary/aromatic N) is 1. The van der Waals surface area contributed by atoms with Crippen LogP contribution in [-0.2, 0) is 9.26 Å². The summed E-state index contributed by atoms with van der Waals surface area (Å²) in [5, 5.41) is 2.91. The molecule has 3 rings (SSSR count). The lowest BCUT2D eigenvalue weighted by molar-refractivity contribution is 0.143. The summed E-state index contributed by atoms with van der Waals surface area (Å²) in [6.07, 6.45) is 3.87. The number of fused-ring (bicyclic) bond motifs is 3. The first kappa shape index (κ1) is 26.7. The third kappa shape index (κ3) is 7.04. The molecule has 2 aromatic rings. The van der Waals surface area contributed by atoms with E-state index in [1.807, 2.05) is 0 Å². The van der Waals surface area contributed by atoms with Crippen molar-refractivity contribution < 1.29 is 14.1 Å². The van der Waals surface area contributed by atoms with Crippen LogP contribution in [0.5, 0.6) is 0 Å². The van der Waals surface area contributed by atoms with E-state index < -0.39 is 8.30 Å². The summed E-state index contributed by atoms with van der Waals surface area (Å²) in [6.45, 7) is 12.9. The highest BCUT2D eigenvalue weighted by Gasteiger charge is 2.29. The molecule has 34 heavy (non-hydrogen) atoms. The quantitative estimate of drug-likeness (QED) is 0.242. The SMILES string of the molecule is CC(C)N(C(C)C)P(C)OCCCCCCNC(=O)OCC1c2ccccc2-c2ccccc21. The molecule has 0 radical (unpaired) electrons. The number of benzene rings is 2. The fraction of sp³-hybridized carbons (Fsp3) is 0.536. The Bertz CT molecular complexity index is 865. The molecule has 1 atom stereocenters. The van der Waals surface area contributed by atoms with Crippen molar-refractivity contribution >= 4 is 14.4 Å². The topological polar surface area (TPSA) is 50.8 Å². The number of carbonyl (C=O) groups excluding carboxylic acids is 1. The Morgan fingerprint density at radius 1 is 0.912 bits per heavy atom. The van der Waals surface area contributed by atoms with E-state index in [0.717, 1.165) is 32.3 Å². The van der Waals surface area contributed by atoms with Gasteiger partial charge in [-0.3, -0.25) is 4.67 Å². The molecule has 6 heteroatoms. The summed E-state index contributed by atoms with van der Waals surface area (Å²) in [5.74, 6) is 0.101. The predicted octanol–water partition coefficient (Wildman–Crippen LogP) is 7.16. The van der Waals surface area contributed by atoms with E-state index in [-0.39, 0.29) is 12.0 Å². The van der Waals surface area contributed by atoms with Gasteiger partial charge in [-0.15, -0.1) is 0 Å². The highest BCUT2D eigenvalue weighted by atomic mass is 31.2. The molecule has 0 heterocycles. The monoisotopic (exact) mass is 484 g/mol. The summed E-state index contributed by atoms with van der Waals surface area (Å²) in [7, 11) is -0.540. The Hall–Kier alpha value is -1.94. The summed E-state index contributed by atoms with van der Waals surface area (Å²) in [5.41, 5.74) is 4.96. The van der Waals surface area contributed by atoms with Gasteiger partial charge in [0.15, 0.2) is 0 Å². The number of nitrogens with one attached hydrogen (secondary N) is 1. The largest absolute Gasteiger partial charge is 0.449 e. The zero-order valence-corrected chi connectivity index (χ0v) is 22.3. The average molecular weight is 485 g/mol. The molecule has 186 valence electrons. The van der Waals surface area contributed by atoms with E-state index in [1.54, 1.807) is 0 Å². The fourth-order valence-corrected chi connectivity index (χ4v) is 6.76. The van der Waals surface area contributed by atoms with E-state index in [2.05, 4.69) is 92.9 Å². The lowest BCUT2D eigenvalue weighted by Crippen LogP contribution is -2.32. The zero-order chi connectivity index (χ0) is 24.5. The minimum Gasteiger partial charge on any atom is -0.449 e. The van der Waals surface area contributed by atoms with Crippen molar-refractivity contribution in [2.45, 2.75) is 71.4 Å². The molecule has 0 aromatic heterocycles. The van der Waals surface area contributed by atoms with E-state index in [4.69, 9.17) is 9.26 Å². The van der Waals surface area contributed by atoms with Crippen LogP contribution in [0, 0.1) is 0 Å². The van der Waals surface area contributed by atoms with E-state index >= 15 is 0 Å². The van der Waals surface area contributed by atoms with Gasteiger partial charge in [0.05, 0.1) is 6.61 Å². The number of alkyl carbamates (subject to hydrolysis) is 1. The van der Waals surface area contributed by atoms with Gasteiger partial charge < -0.3 is 14.6 Å². The van der Waals surface area contributed by atoms with Crippen molar-refractivity contribution in [3.8, 4) is 11.1 Å². The summed E-state index contributed by atoms with van der Waals surface area (Å²) < 4.78 is 14.2. The van der Waals surface area contributed by atoms with Crippen LogP contribution in [0.4, 0.5) is 4.79 Å². The zero-order valence-electron chi connectivity index (χ0n) is 21.4. The smallest absolute Gasteiger partial charge is 0.407 e. The van der Waals surface area contributed by atoms with Gasteiger partial charge in [0.2, 0.25) is 0 Å². The molecule has 1 aliphatic rings. The summed E-state index contributed by atoms with van der Waals surface area (Å²) in [6, 6.07) is 17.8. The van der Waals surface area contributed by atoms with E-state index in [0.29, 0.717) is 25.2 Å². The second-order valence-electron chi connectivity index (χ2n) is 9.53. The van der Waals surface area contributed by atoms with Crippen LogP contribution >= 0.6 is 8.30 Å². The van der Waals surface area contributed by atoms with Crippen molar-refractivity contribution in [3.63, 3.8) is 0 Å². The van der Waals surface area contributed by atoms with Crippen LogP contribution in [0.2, 0.25) is 0 Å². The number of amides is 1. The Kier molecular flexibility index (Phi) is 10.4. The van der Waals surface area contributed by atoms with Gasteiger partial charge in [-0.05, 0) is 69.5 Å². The van der Waals surface area contributed by atoms with Crippen LogP contribution in [0.25, 0.3) is 11.1 Å². The van der Waals surface area contributed by atoms with Gasteiger partial charge >= 0.3 is 6.09 Å². The van der Waals surface area contributed by atoms with Crippen LogP contribution < -0.4 is 5.32 Å². The molecular weight excluding hydrogens is 443 g/mol. The number of unbranched alkanes of at least 4 members (excludes halogenated alkanes) is 3. The average Bonchev–Trinajstić information content (AvgIpc) is 3.12. The molecule has 1 amide bonds. The van der Waals surface area contributed by atoms with E-state index in [1.165, 1.54) is 22.3 Å². The van der Waals surface area contributed by atoms with Crippen molar-refractivity contribution in [1.82, 2.24) is 9.99 Å². The molecule has 0 saturated heterocycles. The highest BCUT2D eigenvalue weighted by Crippen LogP contribution is 2.44. The Morgan fingerprint density at radius 2 is 1.47 bits per heavy atom. The number of ether oxygens (including phenoxy) is 1. The first-order chi connectivity index (χ1) is 16.4. The maximum Gasteiger partial charge on any atom is 0.407 e. The Labute approximate surface area is 207 Å². The number of rotatable bonds is 13. The lowest BCUT2D eigenvalue weighted by Gasteiger charge is -2.35. The molecule has 1 aliphatic carbocycles. The molecule has 0 spiro atoms. The van der Waals surface area contributed by atoms with Crippen LogP contribution in [-0.4, -0.2) is 49.3 Å². The minimum absolute atomic E-state index is 0.101. The van der Waals surface area contributed by atoms with E-state index in [9.17, 15) is 4.79 Å². The first-order valence-electron chi connectivity index (χ1n) is 12.6. The van der Waals surface area contributed by atoms with Crippen LogP contribution in [0.1, 0.15) is 70.4 Å². The molecule has 0 saturated carbocycles. The second kappa shape index (κ2) is 13.2. The summed E-state index contributed by atoms with van der Waals surface area (Å²) in [4.78, 5) is 12.3. The van der Waals surface area contributed by atoms with Gasteiger partial charge in [0.25, 0.3) is 0 Å². The molecule has 0 bridgehead atoms. The van der Waals surface area contributed by atoms with Gasteiger partial charge in [0.1, 0.15) is 14.9 Å². The van der Waals surface area contributed by atoms with Gasteiger partial charge in [-0.2, -0.15) is 0 Å².